The summed E-state index contributed by atoms with van der Waals surface area (Å²) in [6, 6.07) is 6.37. The monoisotopic (exact) mass is 178 g/mol. The van der Waals surface area contributed by atoms with Gasteiger partial charge in [0.15, 0.2) is 0 Å². The van der Waals surface area contributed by atoms with E-state index in [9.17, 15) is 0 Å². The normalized spacial score (nSPS) is 7.62. The molecule has 0 atom stereocenters. The molecule has 0 spiro atoms. The number of hydrogen-bond donors (Lipinski definition) is 4. The van der Waals surface area contributed by atoms with Gasteiger partial charge in [-0.05, 0) is 12.1 Å². The molecule has 13 heavy (non-hydrogen) atoms. The number of nitrogen functional groups attached to an aromatic ring is 1. The minimum Gasteiger partial charge on any atom is -0.506 e. The average Bonchev–Trinajstić information content (AvgIpc) is 2.06. The van der Waals surface area contributed by atoms with Crippen molar-refractivity contribution < 1.29 is 5.11 Å². The lowest BCUT2D eigenvalue weighted by Gasteiger charge is -1.96. The molecule has 0 saturated carbocycles. The molecular formula is C8H10N4O. The minimum absolute atomic E-state index is 0.0671. The first kappa shape index (κ1) is 10.8. The Bertz CT molecular complexity index is 309. The van der Waals surface area contributed by atoms with Crippen molar-refractivity contribution in [1.82, 2.24) is 0 Å². The first-order valence-electron chi connectivity index (χ1n) is 3.35. The molecule has 0 unspecified atom stereocenters. The smallest absolute Gasteiger partial charge is 0.135 e. The lowest BCUT2D eigenvalue weighted by atomic mass is 10.2. The molecule has 5 nitrogen and oxygen atoms in total. The van der Waals surface area contributed by atoms with Crippen molar-refractivity contribution in [2.45, 2.75) is 0 Å². The first-order valence-corrected chi connectivity index (χ1v) is 3.35. The van der Waals surface area contributed by atoms with E-state index in [0.29, 0.717) is 5.69 Å². The van der Waals surface area contributed by atoms with Gasteiger partial charge in [-0.25, -0.2) is 0 Å². The van der Waals surface area contributed by atoms with E-state index in [1.165, 1.54) is 6.07 Å². The second-order valence-corrected chi connectivity index (χ2v) is 2.02. The van der Waals surface area contributed by atoms with Gasteiger partial charge < -0.3 is 16.6 Å². The molecule has 1 aromatic rings. The number of nitriles is 1. The molecule has 0 heterocycles. The Hall–Kier alpha value is -2.22. The number of rotatable bonds is 0. The van der Waals surface area contributed by atoms with Gasteiger partial charge in [0.05, 0.1) is 12.0 Å². The van der Waals surface area contributed by atoms with Gasteiger partial charge in [0, 0.05) is 0 Å². The third-order valence-electron chi connectivity index (χ3n) is 1.19. The fourth-order valence-electron chi connectivity index (χ4n) is 0.679. The van der Waals surface area contributed by atoms with E-state index in [1.54, 1.807) is 18.2 Å². The molecule has 0 aliphatic rings. The van der Waals surface area contributed by atoms with E-state index in [2.05, 4.69) is 5.73 Å². The van der Waals surface area contributed by atoms with Crippen LogP contribution in [0.1, 0.15) is 5.56 Å². The molecule has 0 bridgehead atoms. The number of nitrogens with two attached hydrogens (primary N) is 2. The second-order valence-electron chi connectivity index (χ2n) is 2.02. The Morgan fingerprint density at radius 1 is 1.54 bits per heavy atom. The van der Waals surface area contributed by atoms with E-state index in [1.807, 2.05) is 0 Å². The minimum atomic E-state index is -0.0671. The van der Waals surface area contributed by atoms with Gasteiger partial charge in [0.25, 0.3) is 0 Å². The van der Waals surface area contributed by atoms with Crippen LogP contribution < -0.4 is 11.5 Å². The van der Waals surface area contributed by atoms with E-state index in [0.717, 1.165) is 6.34 Å². The molecule has 0 aliphatic carbocycles. The lowest BCUT2D eigenvalue weighted by molar-refractivity contribution is 0.474. The predicted octanol–water partition coefficient (Wildman–Crippen LogP) is 0.398. The van der Waals surface area contributed by atoms with Crippen molar-refractivity contribution in [2.75, 3.05) is 5.73 Å². The Labute approximate surface area is 75.7 Å². The number of benzene rings is 1. The molecule has 0 fully saturated rings. The third-order valence-corrected chi connectivity index (χ3v) is 1.19. The van der Waals surface area contributed by atoms with E-state index >= 15 is 0 Å². The Morgan fingerprint density at radius 2 is 2.08 bits per heavy atom. The zero-order chi connectivity index (χ0) is 10.3. The molecule has 0 aliphatic heterocycles. The number of nitrogens with one attached hydrogen (secondary N) is 1. The van der Waals surface area contributed by atoms with Crippen molar-refractivity contribution in [3.63, 3.8) is 0 Å². The molecule has 1 aromatic carbocycles. The molecule has 0 saturated heterocycles. The van der Waals surface area contributed by atoms with Crippen LogP contribution in [-0.2, 0) is 0 Å². The highest BCUT2D eigenvalue weighted by Crippen LogP contribution is 2.20. The van der Waals surface area contributed by atoms with Crippen LogP contribution in [0.15, 0.2) is 18.2 Å². The quantitative estimate of drug-likeness (QED) is 0.261. The van der Waals surface area contributed by atoms with E-state index < -0.39 is 0 Å². The fraction of sp³-hybridized carbons (Fsp3) is 0. The first-order chi connectivity index (χ1) is 6.17. The van der Waals surface area contributed by atoms with Gasteiger partial charge in [-0.1, -0.05) is 6.07 Å². The van der Waals surface area contributed by atoms with E-state index in [-0.39, 0.29) is 11.3 Å². The SMILES string of the molecule is N#Cc1c(N)cccc1O.N=CN. The van der Waals surface area contributed by atoms with Crippen LogP contribution in [0.2, 0.25) is 0 Å². The number of phenols is 1. The number of aromatic hydroxyl groups is 1. The van der Waals surface area contributed by atoms with Crippen LogP contribution in [0.5, 0.6) is 5.75 Å². The highest BCUT2D eigenvalue weighted by Gasteiger charge is 2.01. The topological polar surface area (TPSA) is 120 Å². The van der Waals surface area contributed by atoms with Gasteiger partial charge in [-0.3, -0.25) is 5.41 Å². The summed E-state index contributed by atoms with van der Waals surface area (Å²) in [6.45, 7) is 0. The highest BCUT2D eigenvalue weighted by molar-refractivity contribution is 5.60. The fourth-order valence-corrected chi connectivity index (χ4v) is 0.679. The van der Waals surface area contributed by atoms with Crippen molar-refractivity contribution in [3.8, 4) is 11.8 Å². The van der Waals surface area contributed by atoms with Crippen LogP contribution in [0.3, 0.4) is 0 Å². The lowest BCUT2D eigenvalue weighted by Crippen LogP contribution is -1.88. The summed E-state index contributed by atoms with van der Waals surface area (Å²) >= 11 is 0. The maximum absolute atomic E-state index is 8.99. The number of hydrogen-bond acceptors (Lipinski definition) is 4. The molecule has 6 N–H and O–H groups in total. The van der Waals surface area contributed by atoms with Crippen molar-refractivity contribution >= 4 is 12.0 Å². The zero-order valence-corrected chi connectivity index (χ0v) is 6.86. The zero-order valence-electron chi connectivity index (χ0n) is 6.86. The Morgan fingerprint density at radius 3 is 2.38 bits per heavy atom. The molecule has 68 valence electrons. The number of nitrogens with zero attached hydrogens (tertiary/aromatic N) is 1. The highest BCUT2D eigenvalue weighted by atomic mass is 16.3. The van der Waals surface area contributed by atoms with E-state index in [4.69, 9.17) is 21.5 Å². The average molecular weight is 178 g/mol. The maximum atomic E-state index is 8.99. The van der Waals surface area contributed by atoms with Crippen LogP contribution in [-0.4, -0.2) is 11.4 Å². The third kappa shape index (κ3) is 3.12. The van der Waals surface area contributed by atoms with Crippen molar-refractivity contribution in [1.29, 1.82) is 10.7 Å². The van der Waals surface area contributed by atoms with Crippen molar-refractivity contribution in [3.05, 3.63) is 23.8 Å². The van der Waals surface area contributed by atoms with Gasteiger partial charge >= 0.3 is 0 Å². The summed E-state index contributed by atoms with van der Waals surface area (Å²) in [5, 5.41) is 23.3. The standard InChI is InChI=1S/C7H6N2O.CH4N2/c8-4-5-6(9)2-1-3-7(5)10;2-1-3/h1-3,10H,9H2;1H,(H3,2,3). The van der Waals surface area contributed by atoms with Crippen LogP contribution in [0, 0.1) is 16.7 Å². The van der Waals surface area contributed by atoms with Crippen LogP contribution >= 0.6 is 0 Å². The van der Waals surface area contributed by atoms with Gasteiger partial charge in [-0.2, -0.15) is 5.26 Å². The predicted molar refractivity (Wildman–Crippen MR) is 50.2 cm³/mol. The second kappa shape index (κ2) is 5.43. The van der Waals surface area contributed by atoms with Crippen LogP contribution in [0.4, 0.5) is 5.69 Å². The summed E-state index contributed by atoms with van der Waals surface area (Å²) in [6.07, 6.45) is 0.750. The van der Waals surface area contributed by atoms with Gasteiger partial charge in [0.1, 0.15) is 17.4 Å². The molecule has 5 heteroatoms. The summed E-state index contributed by atoms with van der Waals surface area (Å²) < 4.78 is 0. The maximum Gasteiger partial charge on any atom is 0.135 e. The molecule has 1 rings (SSSR count). The molecule has 0 aromatic heterocycles. The molecular weight excluding hydrogens is 168 g/mol. The largest absolute Gasteiger partial charge is 0.506 e. The summed E-state index contributed by atoms with van der Waals surface area (Å²) in [7, 11) is 0. The summed E-state index contributed by atoms with van der Waals surface area (Å²) in [5.74, 6) is -0.0671. The number of phenolic OH excluding ortho intramolecular Hbond substituents is 1. The van der Waals surface area contributed by atoms with Crippen LogP contribution in [0.25, 0.3) is 0 Å². The van der Waals surface area contributed by atoms with Crippen molar-refractivity contribution in [2.24, 2.45) is 5.73 Å². The summed E-state index contributed by atoms with van der Waals surface area (Å²) in [4.78, 5) is 0. The summed E-state index contributed by atoms with van der Waals surface area (Å²) in [5.41, 5.74) is 10.2. The molecule has 0 amide bonds. The molecule has 0 radical (unpaired) electrons. The Kier molecular flexibility index (Phi) is 4.51. The van der Waals surface area contributed by atoms with Gasteiger partial charge in [0.2, 0.25) is 0 Å². The Balaban J connectivity index is 0.000000424. The number of anilines is 1. The van der Waals surface area contributed by atoms with Gasteiger partial charge in [-0.15, -0.1) is 0 Å².